The molecule has 5 nitrogen and oxygen atoms in total. The second kappa shape index (κ2) is 5.15. The van der Waals surface area contributed by atoms with Gasteiger partial charge in [-0.2, -0.15) is 5.10 Å². The monoisotopic (exact) mass is 273 g/mol. The summed E-state index contributed by atoms with van der Waals surface area (Å²) in [6.07, 6.45) is 4.04. The second-order valence-corrected chi connectivity index (χ2v) is 5.55. The number of amides is 1. The maximum atomic E-state index is 11.8. The highest BCUT2D eigenvalue weighted by Crippen LogP contribution is 2.47. The first-order chi connectivity index (χ1) is 9.61. The van der Waals surface area contributed by atoms with Crippen LogP contribution in [0.4, 0.5) is 5.82 Å². The van der Waals surface area contributed by atoms with Crippen molar-refractivity contribution in [3.05, 3.63) is 35.9 Å². The summed E-state index contributed by atoms with van der Waals surface area (Å²) in [7, 11) is 1.82. The van der Waals surface area contributed by atoms with Crippen molar-refractivity contribution in [2.45, 2.75) is 32.1 Å². The van der Waals surface area contributed by atoms with Crippen molar-refractivity contribution in [3.63, 3.8) is 0 Å². The smallest absolute Gasteiger partial charge is 0.226 e. The van der Waals surface area contributed by atoms with Gasteiger partial charge in [0.15, 0.2) is 5.82 Å². The molecule has 0 unspecified atom stereocenters. The minimum atomic E-state index is -0.0403. The SMILES string of the molecule is C[C@@H]1C[C@@H]1c1ccc(CCC(=O)Nc2ccn(C)n2)o1. The Balaban J connectivity index is 1.49. The predicted molar refractivity (Wildman–Crippen MR) is 75.4 cm³/mol. The van der Waals surface area contributed by atoms with Crippen molar-refractivity contribution >= 4 is 11.7 Å². The van der Waals surface area contributed by atoms with Crippen LogP contribution in [-0.4, -0.2) is 15.7 Å². The fraction of sp³-hybridized carbons (Fsp3) is 0.467. The molecule has 2 atom stereocenters. The number of aryl methyl sites for hydroxylation is 2. The zero-order chi connectivity index (χ0) is 14.1. The first-order valence-corrected chi connectivity index (χ1v) is 7.00. The second-order valence-electron chi connectivity index (χ2n) is 5.55. The highest BCUT2D eigenvalue weighted by atomic mass is 16.3. The Bertz CT molecular complexity index is 614. The number of nitrogens with zero attached hydrogens (tertiary/aromatic N) is 2. The zero-order valence-electron chi connectivity index (χ0n) is 11.8. The molecule has 1 aliphatic rings. The molecule has 1 amide bonds. The molecule has 0 saturated heterocycles. The van der Waals surface area contributed by atoms with E-state index in [1.807, 2.05) is 19.2 Å². The molecular formula is C15H19N3O2. The van der Waals surface area contributed by atoms with Gasteiger partial charge in [0.25, 0.3) is 0 Å². The van der Waals surface area contributed by atoms with Gasteiger partial charge in [-0.25, -0.2) is 0 Å². The summed E-state index contributed by atoms with van der Waals surface area (Å²) >= 11 is 0. The lowest BCUT2D eigenvalue weighted by molar-refractivity contribution is -0.116. The van der Waals surface area contributed by atoms with Crippen LogP contribution in [0.15, 0.2) is 28.8 Å². The van der Waals surface area contributed by atoms with Gasteiger partial charge in [-0.15, -0.1) is 0 Å². The van der Waals surface area contributed by atoms with Gasteiger partial charge in [-0.3, -0.25) is 9.48 Å². The summed E-state index contributed by atoms with van der Waals surface area (Å²) in [6, 6.07) is 5.80. The molecule has 0 aliphatic heterocycles. The molecule has 0 radical (unpaired) electrons. The molecule has 1 saturated carbocycles. The van der Waals surface area contributed by atoms with Crippen LogP contribution < -0.4 is 5.32 Å². The molecule has 0 aromatic carbocycles. The topological polar surface area (TPSA) is 60.1 Å². The number of aromatic nitrogens is 2. The molecule has 2 heterocycles. The summed E-state index contributed by atoms with van der Waals surface area (Å²) in [5, 5.41) is 6.88. The summed E-state index contributed by atoms with van der Waals surface area (Å²) in [5.41, 5.74) is 0. The number of rotatable bonds is 5. The van der Waals surface area contributed by atoms with Crippen molar-refractivity contribution in [2.75, 3.05) is 5.32 Å². The van der Waals surface area contributed by atoms with Crippen LogP contribution >= 0.6 is 0 Å². The van der Waals surface area contributed by atoms with Crippen molar-refractivity contribution in [1.82, 2.24) is 9.78 Å². The van der Waals surface area contributed by atoms with Crippen molar-refractivity contribution in [1.29, 1.82) is 0 Å². The highest BCUT2D eigenvalue weighted by Gasteiger charge is 2.36. The standard InChI is InChI=1S/C15H19N3O2/c1-10-9-12(10)13-5-3-11(20-13)4-6-15(19)16-14-7-8-18(2)17-14/h3,5,7-8,10,12H,4,6,9H2,1-2H3,(H,16,17,19)/t10-,12+/m1/s1. The lowest BCUT2D eigenvalue weighted by Gasteiger charge is -2.00. The normalized spacial score (nSPS) is 20.9. The van der Waals surface area contributed by atoms with Gasteiger partial charge < -0.3 is 9.73 Å². The molecule has 1 aliphatic carbocycles. The number of anilines is 1. The molecule has 2 aromatic rings. The van der Waals surface area contributed by atoms with E-state index in [1.165, 1.54) is 6.42 Å². The van der Waals surface area contributed by atoms with Crippen molar-refractivity contribution in [2.24, 2.45) is 13.0 Å². The third kappa shape index (κ3) is 2.92. The van der Waals surface area contributed by atoms with E-state index in [0.29, 0.717) is 24.6 Å². The molecule has 5 heteroatoms. The van der Waals surface area contributed by atoms with Gasteiger partial charge in [0.05, 0.1) is 0 Å². The summed E-state index contributed by atoms with van der Waals surface area (Å²) in [6.45, 7) is 2.23. The minimum absolute atomic E-state index is 0.0403. The number of carbonyl (C=O) groups excluding carboxylic acids is 1. The van der Waals surface area contributed by atoms with Crippen molar-refractivity contribution < 1.29 is 9.21 Å². The van der Waals surface area contributed by atoms with Crippen LogP contribution in [0.3, 0.4) is 0 Å². The van der Waals surface area contributed by atoms with Gasteiger partial charge in [0.2, 0.25) is 5.91 Å². The van der Waals surface area contributed by atoms with E-state index in [9.17, 15) is 4.79 Å². The molecule has 2 aromatic heterocycles. The first kappa shape index (κ1) is 13.0. The predicted octanol–water partition coefficient (Wildman–Crippen LogP) is 2.71. The summed E-state index contributed by atoms with van der Waals surface area (Å²) in [5.74, 6) is 3.83. The highest BCUT2D eigenvalue weighted by molar-refractivity contribution is 5.89. The average molecular weight is 273 g/mol. The molecule has 106 valence electrons. The van der Waals surface area contributed by atoms with E-state index >= 15 is 0 Å². The van der Waals surface area contributed by atoms with Gasteiger partial charge in [-0.05, 0) is 24.5 Å². The Labute approximate surface area is 118 Å². The Morgan fingerprint density at radius 2 is 2.30 bits per heavy atom. The van der Waals surface area contributed by atoms with E-state index < -0.39 is 0 Å². The summed E-state index contributed by atoms with van der Waals surface area (Å²) in [4.78, 5) is 11.8. The van der Waals surface area contributed by atoms with E-state index in [4.69, 9.17) is 4.42 Å². The number of hydrogen-bond donors (Lipinski definition) is 1. The molecule has 0 spiro atoms. The molecular weight excluding hydrogens is 254 g/mol. The third-order valence-electron chi connectivity index (χ3n) is 3.74. The van der Waals surface area contributed by atoms with Crippen LogP contribution in [0.1, 0.15) is 37.2 Å². The van der Waals surface area contributed by atoms with Crippen LogP contribution in [-0.2, 0) is 18.3 Å². The number of nitrogens with one attached hydrogen (secondary N) is 1. The van der Waals surface area contributed by atoms with Gasteiger partial charge in [-0.1, -0.05) is 6.92 Å². The molecule has 20 heavy (non-hydrogen) atoms. The fourth-order valence-corrected chi connectivity index (χ4v) is 2.37. The Hall–Kier alpha value is -2.04. The van der Waals surface area contributed by atoms with Gasteiger partial charge in [0.1, 0.15) is 11.5 Å². The molecule has 3 rings (SSSR count). The first-order valence-electron chi connectivity index (χ1n) is 7.00. The van der Waals surface area contributed by atoms with E-state index in [0.717, 1.165) is 17.4 Å². The van der Waals surface area contributed by atoms with Gasteiger partial charge in [0, 0.05) is 38.1 Å². The molecule has 1 fully saturated rings. The van der Waals surface area contributed by atoms with Crippen LogP contribution in [0.2, 0.25) is 0 Å². The number of furan rings is 1. The van der Waals surface area contributed by atoms with E-state index in [2.05, 4.69) is 17.3 Å². The van der Waals surface area contributed by atoms with E-state index in [-0.39, 0.29) is 5.91 Å². The zero-order valence-corrected chi connectivity index (χ0v) is 11.8. The third-order valence-corrected chi connectivity index (χ3v) is 3.74. The molecule has 0 bridgehead atoms. The Kier molecular flexibility index (Phi) is 3.34. The quantitative estimate of drug-likeness (QED) is 0.911. The van der Waals surface area contributed by atoms with E-state index in [1.54, 1.807) is 16.9 Å². The summed E-state index contributed by atoms with van der Waals surface area (Å²) < 4.78 is 7.44. The Morgan fingerprint density at radius 1 is 1.50 bits per heavy atom. The Morgan fingerprint density at radius 3 is 2.95 bits per heavy atom. The fourth-order valence-electron chi connectivity index (χ4n) is 2.37. The maximum absolute atomic E-state index is 11.8. The average Bonchev–Trinajstić information content (AvgIpc) is 2.82. The molecule has 1 N–H and O–H groups in total. The van der Waals surface area contributed by atoms with Crippen LogP contribution in [0.25, 0.3) is 0 Å². The van der Waals surface area contributed by atoms with Crippen LogP contribution in [0.5, 0.6) is 0 Å². The number of hydrogen-bond acceptors (Lipinski definition) is 3. The minimum Gasteiger partial charge on any atom is -0.466 e. The maximum Gasteiger partial charge on any atom is 0.226 e. The largest absolute Gasteiger partial charge is 0.466 e. The van der Waals surface area contributed by atoms with Gasteiger partial charge >= 0.3 is 0 Å². The number of carbonyl (C=O) groups is 1. The lowest BCUT2D eigenvalue weighted by atomic mass is 10.2. The lowest BCUT2D eigenvalue weighted by Crippen LogP contribution is -2.12. The van der Waals surface area contributed by atoms with Crippen molar-refractivity contribution in [3.8, 4) is 0 Å². The van der Waals surface area contributed by atoms with Crippen LogP contribution in [0, 0.1) is 5.92 Å².